The van der Waals surface area contributed by atoms with E-state index in [0.717, 1.165) is 76.6 Å². The first kappa shape index (κ1) is 78.8. The van der Waals surface area contributed by atoms with E-state index in [1.165, 1.54) is 0 Å². The molecular formula is C71H94N2O21Si2. The highest BCUT2D eigenvalue weighted by Gasteiger charge is 2.42. The molecule has 5 aromatic rings. The molecule has 1 aliphatic carbocycles. The van der Waals surface area contributed by atoms with Gasteiger partial charge in [-0.3, -0.25) is 24.0 Å². The third-order valence-corrected chi connectivity index (χ3v) is 21.7. The molecule has 0 unspecified atom stereocenters. The van der Waals surface area contributed by atoms with Crippen molar-refractivity contribution in [2.24, 2.45) is 5.73 Å². The minimum absolute atomic E-state index is 0.00826. The van der Waals surface area contributed by atoms with E-state index in [0.29, 0.717) is 42.0 Å². The van der Waals surface area contributed by atoms with Gasteiger partial charge in [0.15, 0.2) is 0 Å². The van der Waals surface area contributed by atoms with Gasteiger partial charge in [-0.1, -0.05) is 97.1 Å². The Morgan fingerprint density at radius 1 is 0.438 bits per heavy atom. The number of amides is 2. The largest absolute Gasteiger partial charge is 0.500 e. The summed E-state index contributed by atoms with van der Waals surface area (Å²) in [5, 5.41) is 0.447. The van der Waals surface area contributed by atoms with E-state index in [4.69, 9.17) is 75.0 Å². The second-order valence-corrected chi connectivity index (χ2v) is 27.9. The number of carbonyl (C=O) groups is 6. The summed E-state index contributed by atoms with van der Waals surface area (Å²) in [6, 6.07) is 41.8. The number of ether oxygens (including phenoxy) is 8. The Morgan fingerprint density at radius 3 is 1.22 bits per heavy atom. The molecule has 0 spiro atoms. The van der Waals surface area contributed by atoms with Crippen LogP contribution < -0.4 is 24.7 Å². The van der Waals surface area contributed by atoms with Crippen LogP contribution in [0.15, 0.2) is 151 Å². The smallest absolute Gasteiger partial charge is 0.497 e. The van der Waals surface area contributed by atoms with Crippen molar-refractivity contribution in [3.05, 3.63) is 179 Å². The number of rotatable bonds is 39. The van der Waals surface area contributed by atoms with Gasteiger partial charge in [0.2, 0.25) is 0 Å². The number of carbonyl (C=O) groups excluding carboxylic acids is 6. The van der Waals surface area contributed by atoms with Crippen molar-refractivity contribution in [1.29, 1.82) is 0 Å². The van der Waals surface area contributed by atoms with Gasteiger partial charge >= 0.3 is 35.5 Å². The number of esters is 2. The summed E-state index contributed by atoms with van der Waals surface area (Å²) in [6.45, 7) is 0.799. The lowest BCUT2D eigenvalue weighted by molar-refractivity contribution is -0.197. The van der Waals surface area contributed by atoms with E-state index in [1.807, 2.05) is 133 Å². The summed E-state index contributed by atoms with van der Waals surface area (Å²) in [4.78, 5) is 77.2. The predicted octanol–water partition coefficient (Wildman–Crippen LogP) is 10.3. The van der Waals surface area contributed by atoms with Crippen LogP contribution in [0.3, 0.4) is 0 Å². The first-order valence-electron chi connectivity index (χ1n) is 31.7. The molecule has 5 aromatic carbocycles. The molecule has 23 nitrogen and oxygen atoms in total. The van der Waals surface area contributed by atoms with Crippen LogP contribution in [0, 0.1) is 0 Å². The van der Waals surface area contributed by atoms with Crippen LogP contribution in [0.1, 0.15) is 105 Å². The molecule has 7 rings (SSSR count). The molecule has 1 saturated heterocycles. The first-order valence-corrected chi connectivity index (χ1v) is 35.5. The Labute approximate surface area is 565 Å². The second kappa shape index (κ2) is 41.2. The van der Waals surface area contributed by atoms with Gasteiger partial charge in [-0.2, -0.15) is 0 Å². The van der Waals surface area contributed by atoms with Crippen molar-refractivity contribution in [1.82, 2.24) is 5.06 Å². The Hall–Kier alpha value is -7.93. The predicted molar refractivity (Wildman–Crippen MR) is 361 cm³/mol. The Morgan fingerprint density at radius 2 is 0.823 bits per heavy atom. The lowest BCUT2D eigenvalue weighted by atomic mass is 9.76. The third kappa shape index (κ3) is 22.6. The van der Waals surface area contributed by atoms with E-state index in [1.54, 1.807) is 71.1 Å². The average Bonchev–Trinajstić information content (AvgIpc) is 0.823. The van der Waals surface area contributed by atoms with E-state index >= 15 is 0 Å². The molecule has 2 N–H and O–H groups in total. The molecule has 0 atom stereocenters. The van der Waals surface area contributed by atoms with Crippen LogP contribution in [0.4, 0.5) is 0 Å². The van der Waals surface area contributed by atoms with Gasteiger partial charge in [0.1, 0.15) is 53.2 Å². The molecule has 25 heteroatoms. The molecule has 0 saturated carbocycles. The number of hydroxylamine groups is 2. The maximum Gasteiger partial charge on any atom is 0.500 e. The lowest BCUT2D eigenvalue weighted by Gasteiger charge is -2.38. The average molecular weight is 1370 g/mol. The highest BCUT2D eigenvalue weighted by atomic mass is 28.4. The number of Topliss-reactive ketones (excluding diaryl/α,β-unsaturated/α-hetero) is 1. The number of methoxy groups -OCH3 is 4. The number of allylic oxidation sites excluding steroid dienone is 3. The zero-order valence-electron chi connectivity index (χ0n) is 56.9. The number of nitrogens with two attached hydrogens (primary N) is 1. The van der Waals surface area contributed by atoms with E-state index in [9.17, 15) is 28.8 Å². The van der Waals surface area contributed by atoms with Crippen LogP contribution in [0.2, 0.25) is 12.1 Å². The standard InChI is InChI=1S/C34H46O9Si.C31H31NO9.C6H17NO3Si/c1-37-31-19-14-28(15-20-31)34(27-11-7-6-8-12-27,29-16-21-32(38-2)22-17-29)43-25-24-42-33(36)23-18-30(35)13-9-10-26-44(39-3,40-4)41-5;1-37-25-12-8-23(9-13-25)31(22-6-4-3-5-7-22,24-10-14-26(38-2)15-11-24)40-21-20-39-29(35)18-19-30(36)41-32-27(33)16-17-28(32)34;1-8-11(9-2,10-3)6-4-5-7/h6-7,11,14-17,19-22H,8-10,12-13,18,23-26H2,1-5H3;3-15H,16-21H2,1-2H3;4-7H2,1-3H3. The molecule has 1 aliphatic heterocycles. The third-order valence-electron chi connectivity index (χ3n) is 16.0. The number of benzene rings is 5. The normalized spacial score (nSPS) is 13.1. The van der Waals surface area contributed by atoms with E-state index in [2.05, 4.69) is 12.2 Å². The van der Waals surface area contributed by atoms with E-state index < -0.39 is 58.5 Å². The summed E-state index contributed by atoms with van der Waals surface area (Å²) in [6.07, 6.45) is 10.2. The molecule has 522 valence electrons. The van der Waals surface area contributed by atoms with Gasteiger partial charge < -0.3 is 75.0 Å². The molecular weight excluding hydrogens is 1270 g/mol. The number of hydrogen-bond acceptors (Lipinski definition) is 22. The van der Waals surface area contributed by atoms with Gasteiger partial charge in [-0.15, -0.1) is 5.06 Å². The van der Waals surface area contributed by atoms with Crippen LogP contribution in [-0.2, 0) is 90.3 Å². The summed E-state index contributed by atoms with van der Waals surface area (Å²) in [5.41, 5.74) is 8.85. The van der Waals surface area contributed by atoms with Crippen molar-refractivity contribution in [3.63, 3.8) is 0 Å². The highest BCUT2D eigenvalue weighted by molar-refractivity contribution is 6.60. The topological polar surface area (TPSA) is 270 Å². The van der Waals surface area contributed by atoms with Gasteiger partial charge in [0.25, 0.3) is 11.8 Å². The first-order chi connectivity index (χ1) is 46.5. The van der Waals surface area contributed by atoms with Crippen LogP contribution >= 0.6 is 0 Å². The van der Waals surface area contributed by atoms with Crippen LogP contribution in [0.25, 0.3) is 0 Å². The number of unbranched alkanes of at least 4 members (excludes halogenated alkanes) is 1. The fourth-order valence-corrected chi connectivity index (χ4v) is 14.3. The molecule has 96 heavy (non-hydrogen) atoms. The van der Waals surface area contributed by atoms with Crippen LogP contribution in [-0.4, -0.2) is 162 Å². The van der Waals surface area contributed by atoms with Crippen molar-refractivity contribution < 1.29 is 98.1 Å². The highest BCUT2D eigenvalue weighted by Crippen LogP contribution is 2.45. The molecule has 2 aliphatic rings. The number of hydrogen-bond donors (Lipinski definition) is 1. The SMILES string of the molecule is CO[Si](CCCN)(OC)OC.COc1ccc(C(OCCOC(=O)CCC(=O)CCCC[Si](OC)(OC)OC)(C2=CC=CCC2)c2ccc(OC)cc2)cc1.COc1ccc(C(OCCOC(=O)CCC(=O)ON2C(=O)CCC2=O)(c2ccccc2)c2ccc(OC)cc2)cc1. The fraction of sp³-hybridized carbons (Fsp3) is 0.437. The summed E-state index contributed by atoms with van der Waals surface area (Å²) < 4.78 is 77.4. The number of nitrogens with zero attached hydrogens (tertiary/aromatic N) is 1. The van der Waals surface area contributed by atoms with Crippen molar-refractivity contribution in [2.75, 3.05) is 104 Å². The molecule has 0 bridgehead atoms. The Bertz CT molecular complexity index is 3110. The Balaban J connectivity index is 0.000000300. The minimum Gasteiger partial charge on any atom is -0.497 e. The van der Waals surface area contributed by atoms with E-state index in [-0.39, 0.29) is 70.7 Å². The zero-order valence-corrected chi connectivity index (χ0v) is 58.9. The van der Waals surface area contributed by atoms with Crippen molar-refractivity contribution in [3.8, 4) is 23.0 Å². The zero-order chi connectivity index (χ0) is 69.8. The number of ketones is 1. The maximum atomic E-state index is 12.5. The lowest BCUT2D eigenvalue weighted by Crippen LogP contribution is -2.42. The Kier molecular flexibility index (Phi) is 33.8. The van der Waals surface area contributed by atoms with Gasteiger partial charge in [-0.25, -0.2) is 4.79 Å². The monoisotopic (exact) mass is 1370 g/mol. The van der Waals surface area contributed by atoms with Crippen LogP contribution in [0.5, 0.6) is 23.0 Å². The number of imide groups is 1. The molecule has 1 fully saturated rings. The fourth-order valence-electron chi connectivity index (χ4n) is 10.7. The summed E-state index contributed by atoms with van der Waals surface area (Å²) in [5.74, 6) is -0.224. The maximum absolute atomic E-state index is 12.5. The quantitative estimate of drug-likeness (QED) is 0.0126. The van der Waals surface area contributed by atoms with Gasteiger partial charge in [-0.05, 0) is 121 Å². The van der Waals surface area contributed by atoms with Crippen molar-refractivity contribution >= 4 is 53.1 Å². The second-order valence-electron chi connectivity index (χ2n) is 21.7. The van der Waals surface area contributed by atoms with Gasteiger partial charge in [0.05, 0.1) is 60.9 Å². The molecule has 0 radical (unpaired) electrons. The summed E-state index contributed by atoms with van der Waals surface area (Å²) >= 11 is 0. The summed E-state index contributed by atoms with van der Waals surface area (Å²) in [7, 11) is 11.0. The van der Waals surface area contributed by atoms with Crippen molar-refractivity contribution in [2.45, 2.75) is 100 Å². The molecule has 1 heterocycles. The minimum atomic E-state index is -2.64. The molecule has 0 aromatic heterocycles. The molecule has 2 amide bonds. The van der Waals surface area contributed by atoms with Gasteiger partial charge in [0, 0.05) is 80.4 Å².